The first-order chi connectivity index (χ1) is 14.6. The molecule has 7 nitrogen and oxygen atoms in total. The van der Waals surface area contributed by atoms with Crippen LogP contribution < -0.4 is 19.5 Å². The van der Waals surface area contributed by atoms with Crippen molar-refractivity contribution in [1.29, 1.82) is 0 Å². The molecule has 7 heteroatoms. The lowest BCUT2D eigenvalue weighted by molar-refractivity contribution is 0.00888. The number of benzene rings is 2. The summed E-state index contributed by atoms with van der Waals surface area (Å²) in [6.45, 7) is 5.06. The van der Waals surface area contributed by atoms with Gasteiger partial charge >= 0.3 is 0 Å². The van der Waals surface area contributed by atoms with E-state index < -0.39 is 0 Å². The molecule has 0 aliphatic carbocycles. The summed E-state index contributed by atoms with van der Waals surface area (Å²) in [5.41, 5.74) is 1.61. The second-order valence-corrected chi connectivity index (χ2v) is 7.18. The largest absolute Gasteiger partial charge is 0.493 e. The van der Waals surface area contributed by atoms with Crippen LogP contribution in [0.25, 0.3) is 0 Å². The molecule has 0 spiro atoms. The number of methoxy groups -OCH3 is 3. The molecule has 1 heterocycles. The third-order valence-electron chi connectivity index (χ3n) is 5.34. The molecular formula is C23H30N2O5. The topological polar surface area (TPSA) is 69.3 Å². The van der Waals surface area contributed by atoms with Gasteiger partial charge in [-0.05, 0) is 24.6 Å². The van der Waals surface area contributed by atoms with Gasteiger partial charge < -0.3 is 24.3 Å². The predicted molar refractivity (Wildman–Crippen MR) is 115 cm³/mol. The van der Waals surface area contributed by atoms with Crippen LogP contribution in [-0.2, 0) is 4.74 Å². The fourth-order valence-electron chi connectivity index (χ4n) is 3.90. The molecule has 1 aliphatic rings. The van der Waals surface area contributed by atoms with E-state index >= 15 is 0 Å². The van der Waals surface area contributed by atoms with Crippen molar-refractivity contribution in [2.75, 3.05) is 47.6 Å². The van der Waals surface area contributed by atoms with Crippen LogP contribution in [0.3, 0.4) is 0 Å². The number of nitrogens with one attached hydrogen (secondary N) is 1. The van der Waals surface area contributed by atoms with Crippen molar-refractivity contribution in [3.63, 3.8) is 0 Å². The van der Waals surface area contributed by atoms with Gasteiger partial charge in [0.1, 0.15) is 0 Å². The van der Waals surface area contributed by atoms with E-state index in [0.29, 0.717) is 36.0 Å². The lowest BCUT2D eigenvalue weighted by atomic mass is 9.97. The molecule has 1 saturated heterocycles. The summed E-state index contributed by atoms with van der Waals surface area (Å²) in [6, 6.07) is 13.5. The van der Waals surface area contributed by atoms with Gasteiger partial charge in [0, 0.05) is 24.7 Å². The highest BCUT2D eigenvalue weighted by atomic mass is 16.5. The van der Waals surface area contributed by atoms with Crippen LogP contribution in [0.2, 0.25) is 0 Å². The van der Waals surface area contributed by atoms with Crippen LogP contribution >= 0.6 is 0 Å². The van der Waals surface area contributed by atoms with Gasteiger partial charge in [-0.3, -0.25) is 9.69 Å². The Balaban J connectivity index is 1.85. The molecule has 1 aliphatic heterocycles. The number of carbonyl (C=O) groups excluding carboxylic acids is 1. The summed E-state index contributed by atoms with van der Waals surface area (Å²) in [7, 11) is 4.60. The fourth-order valence-corrected chi connectivity index (χ4v) is 3.90. The minimum absolute atomic E-state index is 0.0427. The van der Waals surface area contributed by atoms with Crippen LogP contribution in [-0.4, -0.2) is 64.5 Å². The molecule has 1 fully saturated rings. The van der Waals surface area contributed by atoms with Crippen LogP contribution in [0.1, 0.15) is 28.9 Å². The first-order valence-corrected chi connectivity index (χ1v) is 10.1. The van der Waals surface area contributed by atoms with Gasteiger partial charge in [0.15, 0.2) is 11.5 Å². The zero-order valence-corrected chi connectivity index (χ0v) is 18.0. The van der Waals surface area contributed by atoms with E-state index in [1.165, 1.54) is 21.3 Å². The average Bonchev–Trinajstić information content (AvgIpc) is 2.79. The molecule has 2 atom stereocenters. The fraction of sp³-hybridized carbons (Fsp3) is 0.435. The Hall–Kier alpha value is -2.77. The minimum atomic E-state index is -0.198. The summed E-state index contributed by atoms with van der Waals surface area (Å²) in [5, 5.41) is 3.16. The summed E-state index contributed by atoms with van der Waals surface area (Å²) >= 11 is 0. The molecule has 162 valence electrons. The van der Waals surface area contributed by atoms with Gasteiger partial charge in [0.05, 0.1) is 40.6 Å². The van der Waals surface area contributed by atoms with Crippen LogP contribution in [0, 0.1) is 0 Å². The van der Waals surface area contributed by atoms with Crippen molar-refractivity contribution in [2.24, 2.45) is 0 Å². The summed E-state index contributed by atoms with van der Waals surface area (Å²) in [6.07, 6.45) is 0. The molecule has 2 aromatic carbocycles. The second-order valence-electron chi connectivity index (χ2n) is 7.18. The smallest absolute Gasteiger partial charge is 0.251 e. The number of amides is 1. The molecule has 1 N–H and O–H groups in total. The number of ether oxygens (including phenoxy) is 4. The SMILES string of the molecule is COc1cc(C(=O)N[C@H](C)[C@@H](c2ccccc2)N2CCOCC2)cc(OC)c1OC. The highest BCUT2D eigenvalue weighted by molar-refractivity contribution is 5.95. The minimum Gasteiger partial charge on any atom is -0.493 e. The van der Waals surface area contributed by atoms with E-state index in [1.54, 1.807) is 12.1 Å². The highest BCUT2D eigenvalue weighted by Crippen LogP contribution is 2.38. The molecule has 0 unspecified atom stereocenters. The van der Waals surface area contributed by atoms with E-state index in [1.807, 2.05) is 25.1 Å². The van der Waals surface area contributed by atoms with Gasteiger partial charge in [0.25, 0.3) is 5.91 Å². The van der Waals surface area contributed by atoms with E-state index in [2.05, 4.69) is 22.3 Å². The van der Waals surface area contributed by atoms with Crippen LogP contribution in [0.15, 0.2) is 42.5 Å². The third kappa shape index (κ3) is 4.86. The van der Waals surface area contributed by atoms with Gasteiger partial charge in [-0.25, -0.2) is 0 Å². The number of rotatable bonds is 8. The van der Waals surface area contributed by atoms with Crippen molar-refractivity contribution >= 4 is 5.91 Å². The van der Waals surface area contributed by atoms with E-state index in [-0.39, 0.29) is 18.0 Å². The zero-order chi connectivity index (χ0) is 21.5. The maximum absolute atomic E-state index is 13.1. The molecule has 0 bridgehead atoms. The Bertz CT molecular complexity index is 812. The molecule has 2 aromatic rings. The quantitative estimate of drug-likeness (QED) is 0.716. The van der Waals surface area contributed by atoms with Crippen molar-refractivity contribution in [3.05, 3.63) is 53.6 Å². The average molecular weight is 415 g/mol. The summed E-state index contributed by atoms with van der Waals surface area (Å²) in [5.74, 6) is 1.15. The van der Waals surface area contributed by atoms with Crippen molar-refractivity contribution < 1.29 is 23.7 Å². The monoisotopic (exact) mass is 414 g/mol. The second kappa shape index (κ2) is 10.3. The highest BCUT2D eigenvalue weighted by Gasteiger charge is 2.29. The molecule has 0 aromatic heterocycles. The standard InChI is InChI=1S/C23H30N2O5/c1-16(21(17-8-6-5-7-9-17)25-10-12-30-13-11-25)24-23(26)18-14-19(27-2)22(29-4)20(15-18)28-3/h5-9,14-16,21H,10-13H2,1-4H3,(H,24,26)/t16-,21+/m1/s1. The van der Waals surface area contributed by atoms with E-state index in [9.17, 15) is 4.79 Å². The first-order valence-electron chi connectivity index (χ1n) is 10.1. The Morgan fingerprint density at radius 1 is 1.00 bits per heavy atom. The van der Waals surface area contributed by atoms with Gasteiger partial charge in [0.2, 0.25) is 5.75 Å². The van der Waals surface area contributed by atoms with Gasteiger partial charge in [-0.1, -0.05) is 30.3 Å². The normalized spacial score (nSPS) is 16.4. The third-order valence-corrected chi connectivity index (χ3v) is 5.34. The van der Waals surface area contributed by atoms with Crippen molar-refractivity contribution in [1.82, 2.24) is 10.2 Å². The Kier molecular flexibility index (Phi) is 7.54. The Morgan fingerprint density at radius 3 is 2.13 bits per heavy atom. The molecule has 1 amide bonds. The van der Waals surface area contributed by atoms with Crippen molar-refractivity contribution in [2.45, 2.75) is 19.0 Å². The summed E-state index contributed by atoms with van der Waals surface area (Å²) < 4.78 is 21.6. The Morgan fingerprint density at radius 2 is 1.60 bits per heavy atom. The number of hydrogen-bond acceptors (Lipinski definition) is 6. The number of nitrogens with zero attached hydrogens (tertiary/aromatic N) is 1. The lowest BCUT2D eigenvalue weighted by Gasteiger charge is -2.38. The predicted octanol–water partition coefficient (Wildman–Crippen LogP) is 2.90. The van der Waals surface area contributed by atoms with Crippen molar-refractivity contribution in [3.8, 4) is 17.2 Å². The molecular weight excluding hydrogens is 384 g/mol. The van der Waals surface area contributed by atoms with Gasteiger partial charge in [-0.15, -0.1) is 0 Å². The molecule has 30 heavy (non-hydrogen) atoms. The van der Waals surface area contributed by atoms with E-state index in [4.69, 9.17) is 18.9 Å². The number of carbonyl (C=O) groups is 1. The number of hydrogen-bond donors (Lipinski definition) is 1. The maximum atomic E-state index is 13.1. The first kappa shape index (κ1) is 21.9. The molecule has 0 radical (unpaired) electrons. The maximum Gasteiger partial charge on any atom is 0.251 e. The summed E-state index contributed by atoms with van der Waals surface area (Å²) in [4.78, 5) is 15.5. The molecule has 0 saturated carbocycles. The van der Waals surface area contributed by atoms with E-state index in [0.717, 1.165) is 18.7 Å². The van der Waals surface area contributed by atoms with Gasteiger partial charge in [-0.2, -0.15) is 0 Å². The number of morpholine rings is 1. The van der Waals surface area contributed by atoms with Crippen LogP contribution in [0.5, 0.6) is 17.2 Å². The zero-order valence-electron chi connectivity index (χ0n) is 18.0. The Labute approximate surface area is 177 Å². The van der Waals surface area contributed by atoms with Crippen LogP contribution in [0.4, 0.5) is 0 Å². The lowest BCUT2D eigenvalue weighted by Crippen LogP contribution is -2.48. The molecule has 3 rings (SSSR count).